The van der Waals surface area contributed by atoms with Gasteiger partial charge in [-0.15, -0.1) is 0 Å². The van der Waals surface area contributed by atoms with E-state index in [-0.39, 0.29) is 28.9 Å². The number of nitrogens with one attached hydrogen (secondary N) is 1. The number of likely N-dealkylation sites (tertiary alicyclic amines) is 1. The molecule has 25 heavy (non-hydrogen) atoms. The van der Waals surface area contributed by atoms with E-state index >= 15 is 0 Å². The smallest absolute Gasteiger partial charge is 0.328 e. The number of isocyanates is 1. The minimum absolute atomic E-state index is 0.0466. The van der Waals surface area contributed by atoms with Gasteiger partial charge in [0.25, 0.3) is 0 Å². The minimum Gasteiger partial charge on any atom is -0.467 e. The molecule has 0 bridgehead atoms. The van der Waals surface area contributed by atoms with E-state index in [9.17, 15) is 14.4 Å². The monoisotopic (exact) mass is 351 g/mol. The van der Waals surface area contributed by atoms with E-state index in [0.29, 0.717) is 19.5 Å². The molecule has 2 amide bonds. The van der Waals surface area contributed by atoms with E-state index in [1.165, 1.54) is 7.11 Å². The zero-order valence-corrected chi connectivity index (χ0v) is 15.6. The van der Waals surface area contributed by atoms with Gasteiger partial charge in [0.1, 0.15) is 6.04 Å². The predicted octanol–water partition coefficient (Wildman–Crippen LogP) is 2.25. The molecule has 3 unspecified atom stereocenters. The highest BCUT2D eigenvalue weighted by atomic mass is 16.5. The lowest BCUT2D eigenvalue weighted by Gasteiger charge is -2.45. The topological polar surface area (TPSA) is 88.1 Å². The van der Waals surface area contributed by atoms with Gasteiger partial charge in [-0.2, -0.15) is 0 Å². The molecule has 1 aliphatic carbocycles. The summed E-state index contributed by atoms with van der Waals surface area (Å²) in [6.45, 7) is 7.49. The Hall–Kier alpha value is -1.88. The molecule has 0 aromatic heterocycles. The van der Waals surface area contributed by atoms with Crippen molar-refractivity contribution >= 4 is 18.1 Å². The van der Waals surface area contributed by atoms with Crippen molar-refractivity contribution in [3.8, 4) is 0 Å². The maximum absolute atomic E-state index is 12.6. The Labute approximate surface area is 149 Å². The van der Waals surface area contributed by atoms with Crippen LogP contribution in [0.3, 0.4) is 0 Å². The zero-order chi connectivity index (χ0) is 18.7. The molecule has 1 aliphatic heterocycles. The van der Waals surface area contributed by atoms with Crippen LogP contribution >= 0.6 is 0 Å². The van der Waals surface area contributed by atoms with Crippen LogP contribution < -0.4 is 5.32 Å². The summed E-state index contributed by atoms with van der Waals surface area (Å²) in [5.41, 5.74) is -0.103. The van der Waals surface area contributed by atoms with Gasteiger partial charge in [-0.05, 0) is 42.9 Å². The molecule has 7 nitrogen and oxygen atoms in total. The number of urea groups is 1. The SMILES string of the molecule is COC(=O)C1CCCN1C(=O)NCC1(C)CC(N=C=O)CC(C)(C)C1. The van der Waals surface area contributed by atoms with Gasteiger partial charge >= 0.3 is 12.0 Å². The fraction of sp³-hybridized carbons (Fsp3) is 0.833. The second-order valence-corrected chi connectivity index (χ2v) is 8.47. The Morgan fingerprint density at radius 3 is 2.68 bits per heavy atom. The van der Waals surface area contributed by atoms with Gasteiger partial charge in [-0.1, -0.05) is 20.8 Å². The number of esters is 1. The fourth-order valence-electron chi connectivity index (χ4n) is 4.66. The van der Waals surface area contributed by atoms with E-state index in [1.807, 2.05) is 0 Å². The molecule has 1 saturated carbocycles. The van der Waals surface area contributed by atoms with Gasteiger partial charge in [-0.25, -0.2) is 19.4 Å². The molecule has 0 aromatic carbocycles. The highest BCUT2D eigenvalue weighted by molar-refractivity contribution is 5.84. The first-order valence-electron chi connectivity index (χ1n) is 8.89. The van der Waals surface area contributed by atoms with Crippen LogP contribution in [0.5, 0.6) is 0 Å². The Kier molecular flexibility index (Phi) is 5.88. The highest BCUT2D eigenvalue weighted by Gasteiger charge is 2.42. The minimum atomic E-state index is -0.493. The molecule has 1 N–H and O–H groups in total. The van der Waals surface area contributed by atoms with Gasteiger partial charge in [0.05, 0.1) is 13.2 Å². The largest absolute Gasteiger partial charge is 0.467 e. The lowest BCUT2D eigenvalue weighted by molar-refractivity contribution is -0.144. The standard InChI is InChI=1S/C18H29N3O4/c1-17(2)8-13(20-12-22)9-18(3,10-17)11-19-16(24)21-7-5-6-14(21)15(23)25-4/h13-14H,5-11H2,1-4H3,(H,19,24). The number of rotatable bonds is 4. The molecule has 1 saturated heterocycles. The number of methoxy groups -OCH3 is 1. The maximum atomic E-state index is 12.6. The van der Waals surface area contributed by atoms with E-state index in [4.69, 9.17) is 4.74 Å². The molecular weight excluding hydrogens is 322 g/mol. The van der Waals surface area contributed by atoms with E-state index in [2.05, 4.69) is 31.1 Å². The Balaban J connectivity index is 2.00. The molecule has 2 aliphatic rings. The van der Waals surface area contributed by atoms with Gasteiger partial charge in [0.15, 0.2) is 0 Å². The van der Waals surface area contributed by atoms with Crippen molar-refractivity contribution in [1.29, 1.82) is 0 Å². The van der Waals surface area contributed by atoms with Gasteiger partial charge in [0, 0.05) is 13.1 Å². The number of amides is 2. The molecule has 2 fully saturated rings. The average Bonchev–Trinajstić information content (AvgIpc) is 3.00. The molecule has 0 radical (unpaired) electrons. The lowest BCUT2D eigenvalue weighted by atomic mass is 9.63. The number of hydrogen-bond acceptors (Lipinski definition) is 5. The number of carbonyl (C=O) groups is 2. The number of carbonyl (C=O) groups excluding carboxylic acids is 3. The number of aliphatic imine (C=N–C) groups is 1. The van der Waals surface area contributed by atoms with Crippen LogP contribution in [-0.4, -0.2) is 55.3 Å². The third kappa shape index (κ3) is 4.82. The van der Waals surface area contributed by atoms with Crippen molar-refractivity contribution in [3.63, 3.8) is 0 Å². The van der Waals surface area contributed by atoms with Gasteiger partial charge in [0.2, 0.25) is 6.08 Å². The first kappa shape index (κ1) is 19.4. The molecule has 3 atom stereocenters. The van der Waals surface area contributed by atoms with Crippen molar-refractivity contribution in [2.24, 2.45) is 15.8 Å². The van der Waals surface area contributed by atoms with Gasteiger partial charge in [-0.3, -0.25) is 0 Å². The first-order valence-corrected chi connectivity index (χ1v) is 8.89. The maximum Gasteiger partial charge on any atom is 0.328 e. The fourth-order valence-corrected chi connectivity index (χ4v) is 4.66. The summed E-state index contributed by atoms with van der Waals surface area (Å²) >= 11 is 0. The summed E-state index contributed by atoms with van der Waals surface area (Å²) in [5.74, 6) is -0.363. The van der Waals surface area contributed by atoms with Crippen LogP contribution in [0.2, 0.25) is 0 Å². The molecule has 0 spiro atoms. The van der Waals surface area contributed by atoms with E-state index in [0.717, 1.165) is 25.7 Å². The van der Waals surface area contributed by atoms with Crippen molar-refractivity contribution in [1.82, 2.24) is 10.2 Å². The number of nitrogens with zero attached hydrogens (tertiary/aromatic N) is 2. The summed E-state index contributed by atoms with van der Waals surface area (Å²) in [4.78, 5) is 40.5. The average molecular weight is 351 g/mol. The highest BCUT2D eigenvalue weighted by Crippen LogP contribution is 2.46. The predicted molar refractivity (Wildman–Crippen MR) is 92.8 cm³/mol. The Morgan fingerprint density at radius 2 is 2.04 bits per heavy atom. The van der Waals surface area contributed by atoms with Crippen LogP contribution in [0.1, 0.15) is 52.9 Å². The quantitative estimate of drug-likeness (QED) is 0.478. The third-order valence-corrected chi connectivity index (χ3v) is 5.31. The van der Waals surface area contributed by atoms with E-state index < -0.39 is 6.04 Å². The lowest BCUT2D eigenvalue weighted by Crippen LogP contribution is -2.50. The second kappa shape index (κ2) is 7.56. The molecule has 7 heteroatoms. The van der Waals surface area contributed by atoms with E-state index in [1.54, 1.807) is 11.0 Å². The molecule has 140 valence electrons. The van der Waals surface area contributed by atoms with Crippen LogP contribution in [0.15, 0.2) is 4.99 Å². The number of hydrogen-bond donors (Lipinski definition) is 1. The van der Waals surface area contributed by atoms with Crippen molar-refractivity contribution in [2.75, 3.05) is 20.2 Å². The summed E-state index contributed by atoms with van der Waals surface area (Å²) in [6.07, 6.45) is 5.64. The molecule has 1 heterocycles. The molecule has 0 aromatic rings. The normalized spacial score (nSPS) is 31.1. The Bertz CT molecular complexity index is 571. The summed E-state index contributed by atoms with van der Waals surface area (Å²) in [5, 5.41) is 2.98. The van der Waals surface area contributed by atoms with Crippen LogP contribution in [-0.2, 0) is 14.3 Å². The zero-order valence-electron chi connectivity index (χ0n) is 15.6. The van der Waals surface area contributed by atoms with Crippen molar-refractivity contribution in [2.45, 2.75) is 65.0 Å². The second-order valence-electron chi connectivity index (χ2n) is 8.47. The third-order valence-electron chi connectivity index (χ3n) is 5.31. The van der Waals surface area contributed by atoms with Gasteiger partial charge < -0.3 is 15.0 Å². The summed E-state index contributed by atoms with van der Waals surface area (Å²) < 4.78 is 4.79. The van der Waals surface area contributed by atoms with Crippen LogP contribution in [0, 0.1) is 10.8 Å². The van der Waals surface area contributed by atoms with Crippen molar-refractivity contribution in [3.05, 3.63) is 0 Å². The van der Waals surface area contributed by atoms with Crippen molar-refractivity contribution < 1.29 is 19.1 Å². The summed E-state index contributed by atoms with van der Waals surface area (Å²) in [7, 11) is 1.34. The number of ether oxygens (including phenoxy) is 1. The first-order chi connectivity index (χ1) is 11.7. The van der Waals surface area contributed by atoms with Crippen LogP contribution in [0.25, 0.3) is 0 Å². The Morgan fingerprint density at radius 1 is 1.32 bits per heavy atom. The molecule has 2 rings (SSSR count). The van der Waals surface area contributed by atoms with Crippen LogP contribution in [0.4, 0.5) is 4.79 Å². The summed E-state index contributed by atoms with van der Waals surface area (Å²) in [6, 6.07) is -0.779. The molecular formula is C18H29N3O4.